The Hall–Kier alpha value is -2.86. The van der Waals surface area contributed by atoms with Crippen molar-refractivity contribution in [2.24, 2.45) is 4.99 Å². The summed E-state index contributed by atoms with van der Waals surface area (Å²) in [6, 6.07) is 12.9. The molecule has 1 heterocycles. The highest BCUT2D eigenvalue weighted by atomic mass is 79.9. The Kier molecular flexibility index (Phi) is 5.76. The van der Waals surface area contributed by atoms with Gasteiger partial charge in [-0.2, -0.15) is 0 Å². The van der Waals surface area contributed by atoms with Crippen molar-refractivity contribution in [1.29, 1.82) is 0 Å². The summed E-state index contributed by atoms with van der Waals surface area (Å²) in [7, 11) is 1.56. The van der Waals surface area contributed by atoms with Crippen LogP contribution in [0.3, 0.4) is 0 Å². The molecule has 138 valence electrons. The number of nitrogens with zero attached hydrogens (tertiary/aromatic N) is 1. The molecule has 5 nitrogen and oxygen atoms in total. The fourth-order valence-electron chi connectivity index (χ4n) is 2.43. The van der Waals surface area contributed by atoms with Crippen molar-refractivity contribution in [3.63, 3.8) is 0 Å². The number of cyclic esters (lactones) is 1. The largest absolute Gasteiger partial charge is 0.493 e. The van der Waals surface area contributed by atoms with E-state index in [2.05, 4.69) is 27.5 Å². The molecule has 0 aliphatic carbocycles. The number of carbonyl (C=O) groups is 1. The number of rotatable bonds is 6. The first-order valence-electron chi connectivity index (χ1n) is 8.20. The maximum absolute atomic E-state index is 12.2. The van der Waals surface area contributed by atoms with Gasteiger partial charge in [-0.3, -0.25) is 0 Å². The van der Waals surface area contributed by atoms with Crippen LogP contribution in [-0.2, 0) is 9.53 Å². The van der Waals surface area contributed by atoms with E-state index in [0.29, 0.717) is 28.5 Å². The summed E-state index contributed by atoms with van der Waals surface area (Å²) in [6.07, 6.45) is 1.65. The van der Waals surface area contributed by atoms with Crippen LogP contribution in [0.1, 0.15) is 18.1 Å². The van der Waals surface area contributed by atoms with Crippen molar-refractivity contribution < 1.29 is 19.0 Å². The predicted octanol–water partition coefficient (Wildman–Crippen LogP) is 4.76. The topological polar surface area (TPSA) is 57.1 Å². The van der Waals surface area contributed by atoms with E-state index in [1.165, 1.54) is 0 Å². The Balaban J connectivity index is 1.92. The average molecular weight is 428 g/mol. The van der Waals surface area contributed by atoms with Crippen molar-refractivity contribution in [2.75, 3.05) is 13.7 Å². The Morgan fingerprint density at radius 3 is 2.70 bits per heavy atom. The summed E-state index contributed by atoms with van der Waals surface area (Å²) in [4.78, 5) is 16.5. The zero-order valence-electron chi connectivity index (χ0n) is 15.0. The van der Waals surface area contributed by atoms with Crippen molar-refractivity contribution in [2.45, 2.75) is 6.92 Å². The van der Waals surface area contributed by atoms with Gasteiger partial charge in [-0.15, -0.1) is 0 Å². The number of aliphatic imine (C=N–C) groups is 1. The summed E-state index contributed by atoms with van der Waals surface area (Å²) in [5.41, 5.74) is 2.59. The first-order valence-corrected chi connectivity index (χ1v) is 9.00. The van der Waals surface area contributed by atoms with Crippen LogP contribution < -0.4 is 9.47 Å². The number of benzene rings is 2. The molecule has 0 fully saturated rings. The first kappa shape index (κ1) is 18.9. The lowest BCUT2D eigenvalue weighted by atomic mass is 10.1. The van der Waals surface area contributed by atoms with Gasteiger partial charge in [0.1, 0.15) is 6.61 Å². The van der Waals surface area contributed by atoms with E-state index in [1.807, 2.05) is 43.3 Å². The van der Waals surface area contributed by atoms with Crippen LogP contribution in [0.5, 0.6) is 11.5 Å². The van der Waals surface area contributed by atoms with Crippen LogP contribution in [0.25, 0.3) is 6.08 Å². The minimum absolute atomic E-state index is 0.221. The summed E-state index contributed by atoms with van der Waals surface area (Å²) in [5, 5.41) is 0. The molecule has 0 spiro atoms. The highest BCUT2D eigenvalue weighted by Crippen LogP contribution is 2.37. The smallest absolute Gasteiger partial charge is 0.363 e. The first-order chi connectivity index (χ1) is 13.0. The molecule has 27 heavy (non-hydrogen) atoms. The molecule has 0 N–H and O–H groups in total. The third-order valence-electron chi connectivity index (χ3n) is 3.66. The second kappa shape index (κ2) is 8.22. The minimum atomic E-state index is -0.494. The van der Waals surface area contributed by atoms with Crippen LogP contribution in [0.2, 0.25) is 0 Å². The van der Waals surface area contributed by atoms with Crippen molar-refractivity contribution in [3.8, 4) is 11.5 Å². The molecule has 0 bridgehead atoms. The van der Waals surface area contributed by atoms with Crippen molar-refractivity contribution in [3.05, 3.63) is 75.9 Å². The standard InChI is InChI=1S/C21H18BrNO4/c1-13(2)12-26-19-16(22)9-14(11-18(19)25-3)10-17-21(24)27-20(23-17)15-7-5-4-6-8-15/h4-11H,1,12H2,2-3H3/b17-10-. The molecule has 1 aliphatic rings. The van der Waals surface area contributed by atoms with Crippen LogP contribution in [0, 0.1) is 0 Å². The Morgan fingerprint density at radius 1 is 1.30 bits per heavy atom. The monoisotopic (exact) mass is 427 g/mol. The lowest BCUT2D eigenvalue weighted by molar-refractivity contribution is -0.129. The number of methoxy groups -OCH3 is 1. The maximum atomic E-state index is 12.2. The van der Waals surface area contributed by atoms with Crippen LogP contribution >= 0.6 is 15.9 Å². The van der Waals surface area contributed by atoms with E-state index in [0.717, 1.165) is 16.7 Å². The number of hydrogen-bond acceptors (Lipinski definition) is 5. The zero-order chi connectivity index (χ0) is 19.4. The summed E-state index contributed by atoms with van der Waals surface area (Å²) >= 11 is 3.49. The molecule has 0 atom stereocenters. The number of esters is 1. The average Bonchev–Trinajstić information content (AvgIpc) is 3.01. The van der Waals surface area contributed by atoms with E-state index in [4.69, 9.17) is 14.2 Å². The van der Waals surface area contributed by atoms with Gasteiger partial charge < -0.3 is 14.2 Å². The summed E-state index contributed by atoms with van der Waals surface area (Å²) < 4.78 is 17.1. The summed E-state index contributed by atoms with van der Waals surface area (Å²) in [6.45, 7) is 6.09. The molecule has 0 unspecified atom stereocenters. The molecular formula is C21H18BrNO4. The molecule has 6 heteroatoms. The lowest BCUT2D eigenvalue weighted by Crippen LogP contribution is -2.05. The molecule has 3 rings (SSSR count). The van der Waals surface area contributed by atoms with Gasteiger partial charge >= 0.3 is 5.97 Å². The molecule has 0 saturated heterocycles. The van der Waals surface area contributed by atoms with E-state index in [1.54, 1.807) is 19.3 Å². The van der Waals surface area contributed by atoms with E-state index in [9.17, 15) is 4.79 Å². The predicted molar refractivity (Wildman–Crippen MR) is 108 cm³/mol. The highest BCUT2D eigenvalue weighted by molar-refractivity contribution is 9.10. The van der Waals surface area contributed by atoms with Crippen LogP contribution in [-0.4, -0.2) is 25.6 Å². The Labute approximate surface area is 166 Å². The van der Waals surface area contributed by atoms with Gasteiger partial charge in [-0.1, -0.05) is 24.8 Å². The molecule has 0 aromatic heterocycles. The van der Waals surface area contributed by atoms with Gasteiger partial charge in [0.05, 0.1) is 11.6 Å². The van der Waals surface area contributed by atoms with E-state index >= 15 is 0 Å². The lowest BCUT2D eigenvalue weighted by Gasteiger charge is -2.13. The quantitative estimate of drug-likeness (QED) is 0.378. The Bertz CT molecular complexity index is 948. The normalized spacial score (nSPS) is 14.7. The second-order valence-electron chi connectivity index (χ2n) is 5.98. The second-order valence-corrected chi connectivity index (χ2v) is 6.84. The van der Waals surface area contributed by atoms with Gasteiger partial charge in [-0.05, 0) is 64.3 Å². The van der Waals surface area contributed by atoms with Gasteiger partial charge in [-0.25, -0.2) is 9.79 Å². The molecule has 1 aliphatic heterocycles. The van der Waals surface area contributed by atoms with Crippen molar-refractivity contribution in [1.82, 2.24) is 0 Å². The SMILES string of the molecule is C=C(C)COc1c(Br)cc(/C=C2\N=C(c3ccccc3)OC2=O)cc1OC. The van der Waals surface area contributed by atoms with Gasteiger partial charge in [0.15, 0.2) is 17.2 Å². The molecule has 0 amide bonds. The highest BCUT2D eigenvalue weighted by Gasteiger charge is 2.24. The third kappa shape index (κ3) is 4.46. The van der Waals surface area contributed by atoms with E-state index < -0.39 is 5.97 Å². The zero-order valence-corrected chi connectivity index (χ0v) is 16.6. The van der Waals surface area contributed by atoms with Gasteiger partial charge in [0.25, 0.3) is 0 Å². The third-order valence-corrected chi connectivity index (χ3v) is 4.25. The number of halogens is 1. The number of ether oxygens (including phenoxy) is 3. The fourth-order valence-corrected chi connectivity index (χ4v) is 3.00. The number of carbonyl (C=O) groups excluding carboxylic acids is 1. The molecule has 0 radical (unpaired) electrons. The number of hydrogen-bond donors (Lipinski definition) is 0. The van der Waals surface area contributed by atoms with Gasteiger partial charge in [0, 0.05) is 5.56 Å². The molecule has 2 aromatic carbocycles. The van der Waals surface area contributed by atoms with Crippen LogP contribution in [0.15, 0.2) is 69.8 Å². The summed E-state index contributed by atoms with van der Waals surface area (Å²) in [5.74, 6) is 0.909. The maximum Gasteiger partial charge on any atom is 0.363 e. The van der Waals surface area contributed by atoms with Gasteiger partial charge in [0.2, 0.25) is 5.90 Å². The van der Waals surface area contributed by atoms with Crippen molar-refractivity contribution >= 4 is 33.9 Å². The Morgan fingerprint density at radius 2 is 2.04 bits per heavy atom. The van der Waals surface area contributed by atoms with Crippen LogP contribution in [0.4, 0.5) is 0 Å². The minimum Gasteiger partial charge on any atom is -0.493 e. The molecule has 2 aromatic rings. The molecule has 0 saturated carbocycles. The fraction of sp³-hybridized carbons (Fsp3) is 0.143. The molecular weight excluding hydrogens is 410 g/mol. The van der Waals surface area contributed by atoms with E-state index in [-0.39, 0.29) is 5.70 Å².